The second-order valence-corrected chi connectivity index (χ2v) is 8.32. The topological polar surface area (TPSA) is 78.7 Å². The van der Waals surface area contributed by atoms with Crippen molar-refractivity contribution in [2.45, 2.75) is 19.5 Å². The van der Waals surface area contributed by atoms with Crippen LogP contribution in [-0.2, 0) is 0 Å². The third kappa shape index (κ3) is 4.07. The van der Waals surface area contributed by atoms with Crippen LogP contribution < -0.4 is 10.2 Å². The summed E-state index contributed by atoms with van der Waals surface area (Å²) in [6, 6.07) is 1.23. The Hall–Kier alpha value is -3.14. The number of imidazole rings is 1. The fourth-order valence-electron chi connectivity index (χ4n) is 4.23. The monoisotopic (exact) mass is 427 g/mol. The summed E-state index contributed by atoms with van der Waals surface area (Å²) in [5.74, 6) is 0.215. The van der Waals surface area contributed by atoms with Gasteiger partial charge in [0.1, 0.15) is 17.7 Å². The number of hydrogen-bond donors (Lipinski definition) is 1. The molecule has 0 aromatic carbocycles. The van der Waals surface area contributed by atoms with Crippen LogP contribution in [0.2, 0.25) is 0 Å². The van der Waals surface area contributed by atoms with Gasteiger partial charge in [-0.15, -0.1) is 0 Å². The number of aryl methyl sites for hydroxylation is 1. The molecule has 2 saturated heterocycles. The highest BCUT2D eigenvalue weighted by molar-refractivity contribution is 6.02. The van der Waals surface area contributed by atoms with Crippen molar-refractivity contribution in [3.63, 3.8) is 0 Å². The number of carbonyl (C=O) groups is 1. The van der Waals surface area contributed by atoms with Gasteiger partial charge in [0, 0.05) is 57.1 Å². The largest absolute Gasteiger partial charge is 0.355 e. The summed E-state index contributed by atoms with van der Waals surface area (Å²) in [7, 11) is 0. The maximum atomic E-state index is 14.2. The molecule has 0 spiro atoms. The SMILES string of the molecule is Cc1cn2cc(NC(=O)c3cnc(N4CC(CN5CC[C@H](F)C5)C4)cn3)cc(F)c2n1. The molecule has 0 radical (unpaired) electrons. The van der Waals surface area contributed by atoms with E-state index in [1.165, 1.54) is 16.7 Å². The van der Waals surface area contributed by atoms with Crippen LogP contribution in [0.1, 0.15) is 22.6 Å². The zero-order valence-electron chi connectivity index (χ0n) is 17.1. The van der Waals surface area contributed by atoms with E-state index in [4.69, 9.17) is 0 Å². The fourth-order valence-corrected chi connectivity index (χ4v) is 4.23. The Kier molecular flexibility index (Phi) is 5.01. The van der Waals surface area contributed by atoms with E-state index >= 15 is 0 Å². The Bertz CT molecular complexity index is 1110. The molecule has 5 heterocycles. The third-order valence-corrected chi connectivity index (χ3v) is 5.77. The van der Waals surface area contributed by atoms with Crippen molar-refractivity contribution in [1.82, 2.24) is 24.3 Å². The van der Waals surface area contributed by atoms with Gasteiger partial charge in [-0.2, -0.15) is 0 Å². The first-order chi connectivity index (χ1) is 14.9. The van der Waals surface area contributed by atoms with E-state index in [0.717, 1.165) is 26.2 Å². The Labute approximate surface area is 177 Å². The minimum absolute atomic E-state index is 0.147. The number of fused-ring (bicyclic) bond motifs is 1. The van der Waals surface area contributed by atoms with Gasteiger partial charge in [0.15, 0.2) is 11.5 Å². The maximum absolute atomic E-state index is 14.2. The number of carbonyl (C=O) groups excluding carboxylic acids is 1. The first-order valence-electron chi connectivity index (χ1n) is 10.3. The van der Waals surface area contributed by atoms with E-state index in [0.29, 0.717) is 36.1 Å². The Balaban J connectivity index is 1.18. The highest BCUT2D eigenvalue weighted by atomic mass is 19.1. The number of halogens is 2. The number of pyridine rings is 1. The van der Waals surface area contributed by atoms with Gasteiger partial charge in [0.2, 0.25) is 0 Å². The quantitative estimate of drug-likeness (QED) is 0.673. The van der Waals surface area contributed by atoms with Gasteiger partial charge in [-0.1, -0.05) is 0 Å². The summed E-state index contributed by atoms with van der Waals surface area (Å²) in [6.07, 6.45) is 6.22. The first-order valence-corrected chi connectivity index (χ1v) is 10.3. The van der Waals surface area contributed by atoms with E-state index in [1.807, 2.05) is 0 Å². The summed E-state index contributed by atoms with van der Waals surface area (Å²) in [5.41, 5.74) is 1.35. The van der Waals surface area contributed by atoms with E-state index < -0.39 is 17.9 Å². The third-order valence-electron chi connectivity index (χ3n) is 5.77. The number of hydrogen-bond acceptors (Lipinski definition) is 6. The Morgan fingerprint density at radius 1 is 1.23 bits per heavy atom. The molecule has 3 aromatic heterocycles. The van der Waals surface area contributed by atoms with Crippen LogP contribution >= 0.6 is 0 Å². The lowest BCUT2D eigenvalue weighted by atomic mass is 10.00. The van der Waals surface area contributed by atoms with Gasteiger partial charge in [0.05, 0.1) is 23.8 Å². The molecule has 10 heteroatoms. The van der Waals surface area contributed by atoms with Gasteiger partial charge in [-0.05, 0) is 13.3 Å². The zero-order valence-corrected chi connectivity index (χ0v) is 17.1. The molecule has 2 aliphatic heterocycles. The predicted octanol–water partition coefficient (Wildman–Crippen LogP) is 2.30. The van der Waals surface area contributed by atoms with Crippen molar-refractivity contribution >= 4 is 23.1 Å². The van der Waals surface area contributed by atoms with Gasteiger partial charge in [-0.25, -0.2) is 23.7 Å². The number of nitrogens with one attached hydrogen (secondary N) is 1. The predicted molar refractivity (Wildman–Crippen MR) is 112 cm³/mol. The number of anilines is 2. The number of nitrogens with zero attached hydrogens (tertiary/aromatic N) is 6. The molecule has 2 fully saturated rings. The van der Waals surface area contributed by atoms with Crippen LogP contribution in [0.4, 0.5) is 20.3 Å². The van der Waals surface area contributed by atoms with Gasteiger partial charge >= 0.3 is 0 Å². The van der Waals surface area contributed by atoms with Crippen molar-refractivity contribution < 1.29 is 13.6 Å². The number of aromatic nitrogens is 4. The van der Waals surface area contributed by atoms with Crippen molar-refractivity contribution in [1.29, 1.82) is 0 Å². The highest BCUT2D eigenvalue weighted by Crippen LogP contribution is 2.25. The van der Waals surface area contributed by atoms with Gasteiger partial charge in [0.25, 0.3) is 5.91 Å². The maximum Gasteiger partial charge on any atom is 0.275 e. The van der Waals surface area contributed by atoms with Crippen LogP contribution in [0, 0.1) is 18.7 Å². The molecule has 0 bridgehead atoms. The lowest BCUT2D eigenvalue weighted by molar-refractivity contribution is 0.102. The zero-order chi connectivity index (χ0) is 21.5. The minimum Gasteiger partial charge on any atom is -0.355 e. The molecular formula is C21H23F2N7O. The average molecular weight is 427 g/mol. The van der Waals surface area contributed by atoms with Crippen LogP contribution in [-0.4, -0.2) is 69.1 Å². The van der Waals surface area contributed by atoms with E-state index in [-0.39, 0.29) is 11.3 Å². The van der Waals surface area contributed by atoms with Crippen molar-refractivity contribution in [2.24, 2.45) is 5.92 Å². The average Bonchev–Trinajstić information content (AvgIpc) is 3.29. The molecular weight excluding hydrogens is 404 g/mol. The first kappa shape index (κ1) is 19.8. The highest BCUT2D eigenvalue weighted by Gasteiger charge is 2.32. The van der Waals surface area contributed by atoms with E-state index in [2.05, 4.69) is 30.1 Å². The second kappa shape index (κ2) is 7.84. The molecule has 31 heavy (non-hydrogen) atoms. The van der Waals surface area contributed by atoms with Crippen LogP contribution in [0.3, 0.4) is 0 Å². The summed E-state index contributed by atoms with van der Waals surface area (Å²) < 4.78 is 29.0. The summed E-state index contributed by atoms with van der Waals surface area (Å²) >= 11 is 0. The minimum atomic E-state index is -0.691. The second-order valence-electron chi connectivity index (χ2n) is 8.32. The number of likely N-dealkylation sites (tertiary alicyclic amines) is 1. The molecule has 8 nitrogen and oxygen atoms in total. The Morgan fingerprint density at radius 2 is 2.06 bits per heavy atom. The Morgan fingerprint density at radius 3 is 2.77 bits per heavy atom. The lowest BCUT2D eigenvalue weighted by Gasteiger charge is -2.41. The van der Waals surface area contributed by atoms with Crippen LogP contribution in [0.25, 0.3) is 5.65 Å². The number of amides is 1. The molecule has 162 valence electrons. The summed E-state index contributed by atoms with van der Waals surface area (Å²) in [5, 5.41) is 2.65. The molecule has 1 atom stereocenters. The normalized spacial score (nSPS) is 19.7. The molecule has 5 rings (SSSR count). The van der Waals surface area contributed by atoms with Crippen molar-refractivity contribution in [3.05, 3.63) is 48.1 Å². The molecule has 0 unspecified atom stereocenters. The van der Waals surface area contributed by atoms with Crippen LogP contribution in [0.15, 0.2) is 30.9 Å². The molecule has 0 saturated carbocycles. The molecule has 1 amide bonds. The number of alkyl halides is 1. The smallest absolute Gasteiger partial charge is 0.275 e. The van der Waals surface area contributed by atoms with Crippen LogP contribution in [0.5, 0.6) is 0 Å². The van der Waals surface area contributed by atoms with Gasteiger partial charge in [-0.3, -0.25) is 9.69 Å². The van der Waals surface area contributed by atoms with E-state index in [9.17, 15) is 13.6 Å². The standard InChI is InChI=1S/C21H23F2N7O/c1-13-7-30-12-16(4-17(23)20(30)26-13)27-21(31)18-5-25-19(6-24-18)29-9-14(10-29)8-28-3-2-15(22)11-28/h4-7,12,14-15H,2-3,8-11H2,1H3,(H,27,31)/t15-/m0/s1. The summed E-state index contributed by atoms with van der Waals surface area (Å²) in [4.78, 5) is 29.4. The molecule has 2 aliphatic rings. The molecule has 1 N–H and O–H groups in total. The molecule has 3 aromatic rings. The van der Waals surface area contributed by atoms with Crippen molar-refractivity contribution in [2.75, 3.05) is 42.9 Å². The fraction of sp³-hybridized carbons (Fsp3) is 0.429. The summed E-state index contributed by atoms with van der Waals surface area (Å²) in [6.45, 7) is 5.74. The molecule has 0 aliphatic carbocycles. The van der Waals surface area contributed by atoms with Gasteiger partial charge < -0.3 is 14.6 Å². The van der Waals surface area contributed by atoms with Crippen molar-refractivity contribution in [3.8, 4) is 0 Å². The lowest BCUT2D eigenvalue weighted by Crippen LogP contribution is -2.51. The van der Waals surface area contributed by atoms with E-state index in [1.54, 1.807) is 25.5 Å². The number of rotatable bonds is 5.